The summed E-state index contributed by atoms with van der Waals surface area (Å²) in [6.45, 7) is 1.96. The standard InChI is InChI=1S/C13H12O5/c1-7-4-11(15)18-12-9(7)2-3-10-13(12)16-6-8(5-14)17-10/h2-4,8,14H,5-6H2,1H3/t8-/m0/s1. The fourth-order valence-corrected chi connectivity index (χ4v) is 2.05. The smallest absolute Gasteiger partial charge is 0.336 e. The van der Waals surface area contributed by atoms with Crippen LogP contribution >= 0.6 is 0 Å². The van der Waals surface area contributed by atoms with E-state index in [0.29, 0.717) is 17.1 Å². The second kappa shape index (κ2) is 4.03. The van der Waals surface area contributed by atoms with Crippen LogP contribution < -0.4 is 15.1 Å². The number of hydrogen-bond donors (Lipinski definition) is 1. The highest BCUT2D eigenvalue weighted by atomic mass is 16.6. The van der Waals surface area contributed by atoms with Crippen LogP contribution in [0.3, 0.4) is 0 Å². The van der Waals surface area contributed by atoms with Crippen molar-refractivity contribution in [3.63, 3.8) is 0 Å². The van der Waals surface area contributed by atoms with Gasteiger partial charge >= 0.3 is 5.63 Å². The van der Waals surface area contributed by atoms with Gasteiger partial charge in [-0.2, -0.15) is 0 Å². The second-order valence-electron chi connectivity index (χ2n) is 4.25. The molecule has 0 saturated heterocycles. The fourth-order valence-electron chi connectivity index (χ4n) is 2.05. The molecule has 0 aliphatic carbocycles. The summed E-state index contributed by atoms with van der Waals surface area (Å²) in [5.41, 5.74) is 0.812. The van der Waals surface area contributed by atoms with Crippen molar-refractivity contribution in [2.24, 2.45) is 0 Å². The Morgan fingerprint density at radius 3 is 3.06 bits per heavy atom. The van der Waals surface area contributed by atoms with E-state index in [0.717, 1.165) is 10.9 Å². The van der Waals surface area contributed by atoms with Gasteiger partial charge in [-0.05, 0) is 24.6 Å². The number of hydrogen-bond acceptors (Lipinski definition) is 5. The summed E-state index contributed by atoms with van der Waals surface area (Å²) >= 11 is 0. The minimum atomic E-state index is -0.415. The van der Waals surface area contributed by atoms with Gasteiger partial charge in [0, 0.05) is 11.5 Å². The average Bonchev–Trinajstić information content (AvgIpc) is 2.37. The lowest BCUT2D eigenvalue weighted by atomic mass is 10.1. The van der Waals surface area contributed by atoms with Crippen molar-refractivity contribution in [1.82, 2.24) is 0 Å². The third-order valence-corrected chi connectivity index (χ3v) is 2.95. The fraction of sp³-hybridized carbons (Fsp3) is 0.308. The number of benzene rings is 1. The largest absolute Gasteiger partial charge is 0.482 e. The molecule has 1 atom stereocenters. The predicted octanol–water partition coefficient (Wildman–Crippen LogP) is 1.23. The minimum Gasteiger partial charge on any atom is -0.482 e. The third kappa shape index (κ3) is 1.64. The first-order chi connectivity index (χ1) is 8.69. The van der Waals surface area contributed by atoms with Crippen LogP contribution in [0, 0.1) is 6.92 Å². The molecule has 0 bridgehead atoms. The Morgan fingerprint density at radius 1 is 1.44 bits per heavy atom. The summed E-state index contributed by atoms with van der Waals surface area (Å²) in [5, 5.41) is 9.86. The van der Waals surface area contributed by atoms with E-state index in [-0.39, 0.29) is 19.3 Å². The zero-order chi connectivity index (χ0) is 12.7. The van der Waals surface area contributed by atoms with E-state index in [4.69, 9.17) is 19.0 Å². The highest BCUT2D eigenvalue weighted by molar-refractivity contribution is 5.87. The Kier molecular flexibility index (Phi) is 2.48. The highest BCUT2D eigenvalue weighted by Gasteiger charge is 2.24. The quantitative estimate of drug-likeness (QED) is 0.769. The molecule has 1 aliphatic heterocycles. The van der Waals surface area contributed by atoms with E-state index in [1.54, 1.807) is 6.07 Å². The predicted molar refractivity (Wildman–Crippen MR) is 64.2 cm³/mol. The molecule has 1 N–H and O–H groups in total. The number of ether oxygens (including phenoxy) is 2. The van der Waals surface area contributed by atoms with Gasteiger partial charge in [-0.15, -0.1) is 0 Å². The summed E-state index contributed by atoms with van der Waals surface area (Å²) in [4.78, 5) is 11.4. The monoisotopic (exact) mass is 248 g/mol. The van der Waals surface area contributed by atoms with Crippen molar-refractivity contribution in [2.45, 2.75) is 13.0 Å². The van der Waals surface area contributed by atoms with Crippen LogP contribution in [-0.4, -0.2) is 24.4 Å². The molecule has 5 heteroatoms. The molecule has 18 heavy (non-hydrogen) atoms. The molecular weight excluding hydrogens is 236 g/mol. The third-order valence-electron chi connectivity index (χ3n) is 2.95. The lowest BCUT2D eigenvalue weighted by Gasteiger charge is -2.25. The maximum Gasteiger partial charge on any atom is 0.336 e. The van der Waals surface area contributed by atoms with E-state index in [1.807, 2.05) is 13.0 Å². The van der Waals surface area contributed by atoms with Gasteiger partial charge in [-0.3, -0.25) is 0 Å². The van der Waals surface area contributed by atoms with Crippen LogP contribution in [0.1, 0.15) is 5.56 Å². The normalized spacial score (nSPS) is 18.0. The molecule has 0 spiro atoms. The van der Waals surface area contributed by atoms with E-state index < -0.39 is 5.63 Å². The summed E-state index contributed by atoms with van der Waals surface area (Å²) < 4.78 is 16.3. The first kappa shape index (κ1) is 11.1. The number of aryl methyl sites for hydroxylation is 1. The zero-order valence-corrected chi connectivity index (χ0v) is 9.80. The van der Waals surface area contributed by atoms with E-state index in [1.165, 1.54) is 6.07 Å². The number of aliphatic hydroxyl groups is 1. The summed E-state index contributed by atoms with van der Waals surface area (Å²) in [7, 11) is 0. The van der Waals surface area contributed by atoms with Gasteiger partial charge in [0.2, 0.25) is 5.75 Å². The van der Waals surface area contributed by atoms with Crippen molar-refractivity contribution in [3.8, 4) is 11.5 Å². The average molecular weight is 248 g/mol. The van der Waals surface area contributed by atoms with Gasteiger partial charge in [0.1, 0.15) is 6.61 Å². The molecule has 0 saturated carbocycles. The Labute approximate surface area is 103 Å². The SMILES string of the molecule is Cc1cc(=O)oc2c3c(ccc12)O[C@@H](CO)CO3. The Balaban J connectivity index is 2.24. The van der Waals surface area contributed by atoms with E-state index in [9.17, 15) is 4.79 Å². The molecule has 3 rings (SSSR count). The molecule has 0 radical (unpaired) electrons. The molecule has 0 amide bonds. The molecule has 5 nitrogen and oxygen atoms in total. The van der Waals surface area contributed by atoms with Crippen molar-refractivity contribution >= 4 is 11.0 Å². The van der Waals surface area contributed by atoms with Crippen molar-refractivity contribution in [3.05, 3.63) is 34.2 Å². The van der Waals surface area contributed by atoms with Crippen LogP contribution in [0.25, 0.3) is 11.0 Å². The maximum absolute atomic E-state index is 11.4. The summed E-state index contributed by atoms with van der Waals surface area (Å²) in [6, 6.07) is 5.01. The van der Waals surface area contributed by atoms with Crippen LogP contribution in [0.2, 0.25) is 0 Å². The zero-order valence-electron chi connectivity index (χ0n) is 9.80. The summed E-state index contributed by atoms with van der Waals surface area (Å²) in [6.07, 6.45) is -0.383. The van der Waals surface area contributed by atoms with E-state index in [2.05, 4.69) is 0 Å². The summed E-state index contributed by atoms with van der Waals surface area (Å²) in [5.74, 6) is 0.916. The lowest BCUT2D eigenvalue weighted by molar-refractivity contribution is 0.0460. The highest BCUT2D eigenvalue weighted by Crippen LogP contribution is 2.38. The second-order valence-corrected chi connectivity index (χ2v) is 4.25. The minimum absolute atomic E-state index is 0.116. The molecule has 94 valence electrons. The number of aliphatic hydroxyl groups excluding tert-OH is 1. The van der Waals surface area contributed by atoms with Crippen LogP contribution in [-0.2, 0) is 0 Å². The van der Waals surface area contributed by atoms with Gasteiger partial charge < -0.3 is 19.0 Å². The van der Waals surface area contributed by atoms with Crippen molar-refractivity contribution in [1.29, 1.82) is 0 Å². The van der Waals surface area contributed by atoms with Gasteiger partial charge in [-0.1, -0.05) is 0 Å². The van der Waals surface area contributed by atoms with E-state index >= 15 is 0 Å². The van der Waals surface area contributed by atoms with Crippen molar-refractivity contribution in [2.75, 3.05) is 13.2 Å². The molecule has 2 heterocycles. The van der Waals surface area contributed by atoms with Gasteiger partial charge in [0.25, 0.3) is 0 Å². The van der Waals surface area contributed by atoms with Gasteiger partial charge in [0.15, 0.2) is 17.4 Å². The first-order valence-corrected chi connectivity index (χ1v) is 5.67. The molecule has 1 aliphatic rings. The number of rotatable bonds is 1. The maximum atomic E-state index is 11.4. The van der Waals surface area contributed by atoms with Gasteiger partial charge in [0.05, 0.1) is 6.61 Å². The molecule has 1 aromatic carbocycles. The first-order valence-electron chi connectivity index (χ1n) is 5.67. The molecular formula is C13H12O5. The van der Waals surface area contributed by atoms with Crippen molar-refractivity contribution < 1.29 is 19.0 Å². The van der Waals surface area contributed by atoms with Crippen LogP contribution in [0.15, 0.2) is 27.4 Å². The Hall–Kier alpha value is -2.01. The molecule has 1 aromatic heterocycles. The lowest BCUT2D eigenvalue weighted by Crippen LogP contribution is -2.32. The van der Waals surface area contributed by atoms with Gasteiger partial charge in [-0.25, -0.2) is 4.79 Å². The Morgan fingerprint density at radius 2 is 2.28 bits per heavy atom. The Bertz CT molecular complexity index is 658. The number of fused-ring (bicyclic) bond motifs is 3. The van der Waals surface area contributed by atoms with Crippen LogP contribution in [0.5, 0.6) is 11.5 Å². The topological polar surface area (TPSA) is 68.9 Å². The molecule has 0 fully saturated rings. The van der Waals surface area contributed by atoms with Crippen LogP contribution in [0.4, 0.5) is 0 Å². The molecule has 2 aromatic rings. The molecule has 0 unspecified atom stereocenters.